The van der Waals surface area contributed by atoms with Crippen LogP contribution in [0.1, 0.15) is 21.8 Å². The van der Waals surface area contributed by atoms with E-state index in [4.69, 9.17) is 4.52 Å². The summed E-state index contributed by atoms with van der Waals surface area (Å²) < 4.78 is 5.03. The fourth-order valence-corrected chi connectivity index (χ4v) is 1.73. The molecule has 1 aromatic carbocycles. The minimum Gasteiger partial charge on any atom is -0.507 e. The first-order valence-corrected chi connectivity index (χ1v) is 4.85. The van der Waals surface area contributed by atoms with E-state index in [-0.39, 0.29) is 11.3 Å². The van der Waals surface area contributed by atoms with Crippen molar-refractivity contribution >= 4 is 6.29 Å². The lowest BCUT2D eigenvalue weighted by Crippen LogP contribution is -1.87. The Morgan fingerprint density at radius 2 is 2.12 bits per heavy atom. The molecule has 0 saturated heterocycles. The number of aldehydes is 1. The number of aromatic nitrogens is 1. The van der Waals surface area contributed by atoms with E-state index in [1.807, 2.05) is 0 Å². The smallest absolute Gasteiger partial charge is 0.153 e. The van der Waals surface area contributed by atoms with Crippen molar-refractivity contribution in [1.29, 1.82) is 0 Å². The minimum absolute atomic E-state index is 0.0353. The summed E-state index contributed by atoms with van der Waals surface area (Å²) >= 11 is 0. The Labute approximate surface area is 92.5 Å². The molecule has 0 spiro atoms. The molecule has 16 heavy (non-hydrogen) atoms. The summed E-state index contributed by atoms with van der Waals surface area (Å²) in [6, 6.07) is 5.00. The van der Waals surface area contributed by atoms with E-state index >= 15 is 0 Å². The van der Waals surface area contributed by atoms with Crippen molar-refractivity contribution in [2.24, 2.45) is 0 Å². The van der Waals surface area contributed by atoms with Crippen molar-refractivity contribution in [3.05, 3.63) is 35.2 Å². The molecule has 2 aromatic rings. The Kier molecular flexibility index (Phi) is 2.48. The Hall–Kier alpha value is -2.10. The van der Waals surface area contributed by atoms with Crippen molar-refractivity contribution in [1.82, 2.24) is 5.16 Å². The second kappa shape index (κ2) is 3.81. The molecule has 1 heterocycles. The summed E-state index contributed by atoms with van der Waals surface area (Å²) in [6.07, 6.45) is 0.622. The highest BCUT2D eigenvalue weighted by Crippen LogP contribution is 2.35. The van der Waals surface area contributed by atoms with E-state index in [0.29, 0.717) is 23.3 Å². The van der Waals surface area contributed by atoms with Gasteiger partial charge in [0.15, 0.2) is 6.29 Å². The predicted molar refractivity (Wildman–Crippen MR) is 58.5 cm³/mol. The van der Waals surface area contributed by atoms with Gasteiger partial charge >= 0.3 is 0 Å². The fraction of sp³-hybridized carbons (Fsp3) is 0.167. The maximum Gasteiger partial charge on any atom is 0.153 e. The normalized spacial score (nSPS) is 10.4. The van der Waals surface area contributed by atoms with Crippen LogP contribution in [0.3, 0.4) is 0 Å². The standard InChI is InChI=1S/C12H11NO3/c1-7-11(8(2)16-13-7)10-5-3-4-9(6-14)12(10)15/h3-6,15H,1-2H3. The van der Waals surface area contributed by atoms with Crippen LogP contribution in [0.2, 0.25) is 0 Å². The number of rotatable bonds is 2. The molecule has 0 saturated carbocycles. The van der Waals surface area contributed by atoms with Gasteiger partial charge < -0.3 is 9.63 Å². The number of aromatic hydroxyl groups is 1. The highest BCUT2D eigenvalue weighted by Gasteiger charge is 2.16. The van der Waals surface area contributed by atoms with Crippen LogP contribution in [0, 0.1) is 13.8 Å². The van der Waals surface area contributed by atoms with Crippen molar-refractivity contribution in [2.75, 3.05) is 0 Å². The zero-order valence-corrected chi connectivity index (χ0v) is 9.02. The van der Waals surface area contributed by atoms with Gasteiger partial charge in [0.2, 0.25) is 0 Å². The van der Waals surface area contributed by atoms with Gasteiger partial charge in [0.05, 0.1) is 16.8 Å². The largest absolute Gasteiger partial charge is 0.507 e. The average molecular weight is 217 g/mol. The molecule has 0 amide bonds. The van der Waals surface area contributed by atoms with Gasteiger partial charge in [-0.2, -0.15) is 0 Å². The molecule has 82 valence electrons. The lowest BCUT2D eigenvalue weighted by molar-refractivity contribution is 0.112. The second-order valence-corrected chi connectivity index (χ2v) is 3.56. The zero-order valence-electron chi connectivity index (χ0n) is 9.02. The second-order valence-electron chi connectivity index (χ2n) is 3.56. The van der Waals surface area contributed by atoms with Gasteiger partial charge in [-0.3, -0.25) is 4.79 Å². The Morgan fingerprint density at radius 3 is 2.69 bits per heavy atom. The number of aryl methyl sites for hydroxylation is 2. The van der Waals surface area contributed by atoms with Gasteiger partial charge in [-0.1, -0.05) is 17.3 Å². The first-order chi connectivity index (χ1) is 7.65. The molecule has 1 N–H and O–H groups in total. The van der Waals surface area contributed by atoms with Gasteiger partial charge in [-0.15, -0.1) is 0 Å². The highest BCUT2D eigenvalue weighted by atomic mass is 16.5. The number of nitrogens with zero attached hydrogens (tertiary/aromatic N) is 1. The maximum absolute atomic E-state index is 10.7. The summed E-state index contributed by atoms with van der Waals surface area (Å²) in [4.78, 5) is 10.7. The number of para-hydroxylation sites is 1. The number of hydrogen-bond donors (Lipinski definition) is 1. The van der Waals surface area contributed by atoms with E-state index in [1.54, 1.807) is 32.0 Å². The summed E-state index contributed by atoms with van der Waals surface area (Å²) in [5.74, 6) is 0.586. The molecule has 0 bridgehead atoms. The van der Waals surface area contributed by atoms with E-state index in [0.717, 1.165) is 5.56 Å². The van der Waals surface area contributed by atoms with E-state index in [2.05, 4.69) is 5.16 Å². The molecule has 0 unspecified atom stereocenters. The van der Waals surface area contributed by atoms with Gasteiger partial charge in [0.1, 0.15) is 11.5 Å². The lowest BCUT2D eigenvalue weighted by atomic mass is 10.0. The molecule has 0 aliphatic rings. The molecular formula is C12H11NO3. The first kappa shape index (κ1) is 10.4. The van der Waals surface area contributed by atoms with Crippen molar-refractivity contribution in [2.45, 2.75) is 13.8 Å². The van der Waals surface area contributed by atoms with Gasteiger partial charge in [0.25, 0.3) is 0 Å². The number of benzene rings is 1. The van der Waals surface area contributed by atoms with Crippen molar-refractivity contribution in [3.8, 4) is 16.9 Å². The molecule has 2 rings (SSSR count). The molecule has 4 heteroatoms. The van der Waals surface area contributed by atoms with Crippen LogP contribution in [-0.2, 0) is 0 Å². The number of carbonyl (C=O) groups excluding carboxylic acids is 1. The Bertz CT molecular complexity index is 524. The van der Waals surface area contributed by atoms with Crippen LogP contribution in [0.25, 0.3) is 11.1 Å². The SMILES string of the molecule is Cc1noc(C)c1-c1cccc(C=O)c1O. The quantitative estimate of drug-likeness (QED) is 0.785. The number of carbonyl (C=O) groups is 1. The highest BCUT2D eigenvalue weighted by molar-refractivity contribution is 5.86. The third-order valence-corrected chi connectivity index (χ3v) is 2.50. The maximum atomic E-state index is 10.7. The van der Waals surface area contributed by atoms with E-state index in [9.17, 15) is 9.90 Å². The molecule has 0 aliphatic heterocycles. The zero-order chi connectivity index (χ0) is 11.7. The molecule has 0 atom stereocenters. The minimum atomic E-state index is -0.0353. The summed E-state index contributed by atoms with van der Waals surface area (Å²) in [5, 5.41) is 13.7. The third-order valence-electron chi connectivity index (χ3n) is 2.50. The third kappa shape index (κ3) is 1.48. The Morgan fingerprint density at radius 1 is 1.38 bits per heavy atom. The monoisotopic (exact) mass is 217 g/mol. The molecule has 0 fully saturated rings. The van der Waals surface area contributed by atoms with Crippen LogP contribution < -0.4 is 0 Å². The van der Waals surface area contributed by atoms with E-state index in [1.165, 1.54) is 0 Å². The predicted octanol–water partition coefficient (Wildman–Crippen LogP) is 2.48. The summed E-state index contributed by atoms with van der Waals surface area (Å²) in [7, 11) is 0. The average Bonchev–Trinajstić information content (AvgIpc) is 2.60. The number of phenols is 1. The molecular weight excluding hydrogens is 206 g/mol. The first-order valence-electron chi connectivity index (χ1n) is 4.85. The number of hydrogen-bond acceptors (Lipinski definition) is 4. The van der Waals surface area contributed by atoms with Crippen LogP contribution in [0.15, 0.2) is 22.7 Å². The van der Waals surface area contributed by atoms with Gasteiger partial charge in [-0.25, -0.2) is 0 Å². The molecule has 4 nitrogen and oxygen atoms in total. The molecule has 1 aromatic heterocycles. The Balaban J connectivity index is 2.69. The van der Waals surface area contributed by atoms with Crippen LogP contribution in [0.4, 0.5) is 0 Å². The van der Waals surface area contributed by atoms with Crippen molar-refractivity contribution < 1.29 is 14.4 Å². The van der Waals surface area contributed by atoms with Gasteiger partial charge in [0, 0.05) is 5.56 Å². The van der Waals surface area contributed by atoms with Crippen LogP contribution in [-0.4, -0.2) is 16.5 Å². The summed E-state index contributed by atoms with van der Waals surface area (Å²) in [6.45, 7) is 3.56. The lowest BCUT2D eigenvalue weighted by Gasteiger charge is -2.05. The molecule has 0 radical (unpaired) electrons. The van der Waals surface area contributed by atoms with Crippen LogP contribution in [0.5, 0.6) is 5.75 Å². The van der Waals surface area contributed by atoms with Crippen molar-refractivity contribution in [3.63, 3.8) is 0 Å². The summed E-state index contributed by atoms with van der Waals surface area (Å²) in [5.41, 5.74) is 2.26. The van der Waals surface area contributed by atoms with E-state index < -0.39 is 0 Å². The number of phenolic OH excluding ortho intramolecular Hbond substituents is 1. The fourth-order valence-electron chi connectivity index (χ4n) is 1.73. The van der Waals surface area contributed by atoms with Gasteiger partial charge in [-0.05, 0) is 19.9 Å². The van der Waals surface area contributed by atoms with Crippen LogP contribution >= 0.6 is 0 Å². The molecule has 0 aliphatic carbocycles. The topological polar surface area (TPSA) is 63.3 Å².